The van der Waals surface area contributed by atoms with Crippen molar-refractivity contribution in [3.05, 3.63) is 0 Å². The minimum Gasteiger partial charge on any atom is -0.364 e. The largest absolute Gasteiger partial charge is 0.364 e. The fourth-order valence-corrected chi connectivity index (χ4v) is 0.612. The van der Waals surface area contributed by atoms with Crippen LogP contribution in [0, 0.1) is 0 Å². The highest BCUT2D eigenvalue weighted by molar-refractivity contribution is 5.03. The van der Waals surface area contributed by atoms with Crippen LogP contribution in [0.3, 0.4) is 0 Å². The highest BCUT2D eigenvalue weighted by Gasteiger charge is 2.55. The molecule has 0 aliphatic carbocycles. The Labute approximate surface area is 66.8 Å². The lowest BCUT2D eigenvalue weighted by Crippen LogP contribution is -2.10. The van der Waals surface area contributed by atoms with E-state index in [1.807, 2.05) is 0 Å². The molecule has 0 spiro atoms. The van der Waals surface area contributed by atoms with Crippen LogP contribution in [-0.2, 0) is 4.74 Å². The summed E-state index contributed by atoms with van der Waals surface area (Å²) in [5, 5.41) is 0. The first-order valence-electron chi connectivity index (χ1n) is 2.66. The smallest absolute Gasteiger partial charge is 0.0918 e. The fourth-order valence-electron chi connectivity index (χ4n) is 0.612. The van der Waals surface area contributed by atoms with Crippen molar-refractivity contribution in [3.63, 3.8) is 0 Å². The van der Waals surface area contributed by atoms with Crippen LogP contribution in [-0.4, -0.2) is 11.2 Å². The fraction of sp³-hybridized carbons (Fsp3) is 1.00. The molecule has 1 aliphatic rings. The number of ether oxygens (including phenoxy) is 1. The minimum absolute atomic E-state index is 0. The van der Waals surface area contributed by atoms with Crippen molar-refractivity contribution in [1.82, 2.24) is 0 Å². The summed E-state index contributed by atoms with van der Waals surface area (Å²) in [5.74, 6) is 0. The first-order valence-corrected chi connectivity index (χ1v) is 2.66. The molecule has 0 radical (unpaired) electrons. The van der Waals surface area contributed by atoms with Gasteiger partial charge in [0.1, 0.15) is 0 Å². The van der Waals surface area contributed by atoms with Crippen LogP contribution in [0.2, 0.25) is 0 Å². The Morgan fingerprint density at radius 3 is 0.800 bits per heavy atom. The summed E-state index contributed by atoms with van der Waals surface area (Å²) < 4.78 is 5.29. The van der Waals surface area contributed by atoms with Gasteiger partial charge in [0.2, 0.25) is 0 Å². The van der Waals surface area contributed by atoms with Gasteiger partial charge in [-0.3, -0.25) is 0 Å². The van der Waals surface area contributed by atoms with E-state index in [4.69, 9.17) is 4.74 Å². The van der Waals surface area contributed by atoms with E-state index in [0.717, 1.165) is 0 Å². The Bertz CT molecular complexity index is 80.9. The van der Waals surface area contributed by atoms with Crippen molar-refractivity contribution in [2.75, 3.05) is 0 Å². The van der Waals surface area contributed by atoms with Gasteiger partial charge in [0.15, 0.2) is 0 Å². The third-order valence-corrected chi connectivity index (χ3v) is 1.92. The molecule has 0 aromatic carbocycles. The zero-order valence-corrected chi connectivity index (χ0v) is 5.41. The van der Waals surface area contributed by atoms with Gasteiger partial charge in [-0.05, 0) is 27.7 Å². The molecule has 0 saturated carbocycles. The van der Waals surface area contributed by atoms with Crippen LogP contribution < -0.4 is 0 Å². The molecule has 0 bridgehead atoms. The third kappa shape index (κ3) is 2.30. The van der Waals surface area contributed by atoms with Gasteiger partial charge < -0.3 is 4.74 Å². The van der Waals surface area contributed by atoms with E-state index in [-0.39, 0.29) is 33.5 Å². The average Bonchev–Trinajstić information content (AvgIpc) is 1.63. The second kappa shape index (κ2) is 3.38. The van der Waals surface area contributed by atoms with Gasteiger partial charge in [-0.2, -0.15) is 0 Å². The molecule has 0 aromatic heterocycles. The van der Waals surface area contributed by atoms with Gasteiger partial charge in [0.25, 0.3) is 0 Å². The zero-order chi connectivity index (χ0) is 5.71. The summed E-state index contributed by atoms with van der Waals surface area (Å²) in [7, 11) is 0. The molecule has 0 N–H and O–H groups in total. The maximum atomic E-state index is 5.29. The van der Waals surface area contributed by atoms with Crippen molar-refractivity contribution < 1.29 is 4.74 Å². The highest BCUT2D eigenvalue weighted by atomic mass is 16.6. The van der Waals surface area contributed by atoms with E-state index in [1.165, 1.54) is 0 Å². The topological polar surface area (TPSA) is 12.5 Å². The van der Waals surface area contributed by atoms with E-state index >= 15 is 0 Å². The Morgan fingerprint density at radius 1 is 0.700 bits per heavy atom. The number of rotatable bonds is 0. The monoisotopic (exact) mass is 148 g/mol. The first kappa shape index (κ1) is 16.5. The molecule has 1 fully saturated rings. The molecule has 1 nitrogen and oxygen atoms in total. The lowest BCUT2D eigenvalue weighted by molar-refractivity contribution is 0.296. The molecule has 1 heterocycles. The lowest BCUT2D eigenvalue weighted by Gasteiger charge is -1.95. The third-order valence-electron chi connectivity index (χ3n) is 1.92. The summed E-state index contributed by atoms with van der Waals surface area (Å²) in [6.07, 6.45) is 0. The Morgan fingerprint density at radius 2 is 0.800 bits per heavy atom. The second-order valence-corrected chi connectivity index (χ2v) is 3.12. The Balaban J connectivity index is -0.000000163. The summed E-state index contributed by atoms with van der Waals surface area (Å²) >= 11 is 0. The maximum Gasteiger partial charge on any atom is 0.0918 e. The molecular formula is C9H24O. The molecule has 10 heavy (non-hydrogen) atoms. The van der Waals surface area contributed by atoms with Crippen molar-refractivity contribution in [3.8, 4) is 0 Å². The molecule has 0 amide bonds. The molecule has 0 aromatic rings. The molecule has 1 heteroatoms. The van der Waals surface area contributed by atoms with E-state index in [1.54, 1.807) is 0 Å². The molecule has 0 unspecified atom stereocenters. The van der Waals surface area contributed by atoms with E-state index in [2.05, 4.69) is 27.7 Å². The number of hydrogen-bond acceptors (Lipinski definition) is 1. The van der Waals surface area contributed by atoms with Crippen molar-refractivity contribution in [1.29, 1.82) is 0 Å². The van der Waals surface area contributed by atoms with Crippen LogP contribution in [0.25, 0.3) is 0 Å². The SMILES string of the molecule is C.C.C.CC1(C)OC1(C)C. The summed E-state index contributed by atoms with van der Waals surface area (Å²) in [5.41, 5.74) is 0.292. The molecule has 1 rings (SSSR count). The first-order chi connectivity index (χ1) is 2.96. The molecular weight excluding hydrogens is 124 g/mol. The Kier molecular flexibility index (Phi) is 5.58. The number of epoxide rings is 1. The van der Waals surface area contributed by atoms with Crippen LogP contribution in [0.5, 0.6) is 0 Å². The zero-order valence-electron chi connectivity index (χ0n) is 5.41. The predicted octanol–water partition coefficient (Wildman–Crippen LogP) is 3.48. The number of hydrogen-bond donors (Lipinski definition) is 0. The van der Waals surface area contributed by atoms with Crippen molar-refractivity contribution in [2.24, 2.45) is 0 Å². The van der Waals surface area contributed by atoms with Gasteiger partial charge in [0.05, 0.1) is 11.2 Å². The Hall–Kier alpha value is -0.0400. The molecule has 1 saturated heterocycles. The van der Waals surface area contributed by atoms with Crippen molar-refractivity contribution >= 4 is 0 Å². The van der Waals surface area contributed by atoms with E-state index < -0.39 is 0 Å². The van der Waals surface area contributed by atoms with E-state index in [0.29, 0.717) is 0 Å². The molecule has 0 atom stereocenters. The predicted molar refractivity (Wildman–Crippen MR) is 49.4 cm³/mol. The summed E-state index contributed by atoms with van der Waals surface area (Å²) in [6.45, 7) is 8.42. The average molecular weight is 148 g/mol. The van der Waals surface area contributed by atoms with Gasteiger partial charge in [-0.25, -0.2) is 0 Å². The summed E-state index contributed by atoms with van der Waals surface area (Å²) in [6, 6.07) is 0. The maximum absolute atomic E-state index is 5.29. The van der Waals surface area contributed by atoms with Gasteiger partial charge in [-0.15, -0.1) is 0 Å². The van der Waals surface area contributed by atoms with Crippen LogP contribution >= 0.6 is 0 Å². The van der Waals surface area contributed by atoms with Gasteiger partial charge in [0, 0.05) is 0 Å². The molecule has 1 aliphatic heterocycles. The standard InChI is InChI=1S/C6H12O.3CH4/c1-5(2)6(3,4)7-5;;;/h1-4H3;3*1H4. The normalized spacial score (nSPS) is 22.8. The van der Waals surface area contributed by atoms with Crippen LogP contribution in [0.4, 0.5) is 0 Å². The second-order valence-electron chi connectivity index (χ2n) is 3.12. The van der Waals surface area contributed by atoms with E-state index in [9.17, 15) is 0 Å². The van der Waals surface area contributed by atoms with Crippen molar-refractivity contribution in [2.45, 2.75) is 61.2 Å². The lowest BCUT2D eigenvalue weighted by atomic mass is 10.0. The summed E-state index contributed by atoms with van der Waals surface area (Å²) in [4.78, 5) is 0. The minimum atomic E-state index is 0. The van der Waals surface area contributed by atoms with Gasteiger partial charge in [-0.1, -0.05) is 22.3 Å². The van der Waals surface area contributed by atoms with Crippen LogP contribution in [0.1, 0.15) is 50.0 Å². The van der Waals surface area contributed by atoms with Gasteiger partial charge >= 0.3 is 0 Å². The highest BCUT2D eigenvalue weighted by Crippen LogP contribution is 2.46. The quantitative estimate of drug-likeness (QED) is 0.479. The molecule has 66 valence electrons. The van der Waals surface area contributed by atoms with Crippen LogP contribution in [0.15, 0.2) is 0 Å².